The number of carbonyl (C=O) groups is 1. The van der Waals surface area contributed by atoms with Crippen molar-refractivity contribution < 1.29 is 28.7 Å². The van der Waals surface area contributed by atoms with Crippen LogP contribution in [-0.2, 0) is 25.6 Å². The van der Waals surface area contributed by atoms with Gasteiger partial charge in [-0.05, 0) is 24.6 Å². The Morgan fingerprint density at radius 2 is 1.90 bits per heavy atom. The summed E-state index contributed by atoms with van der Waals surface area (Å²) in [7, 11) is 1.55. The maximum atomic E-state index is 12.4. The van der Waals surface area contributed by atoms with Crippen LogP contribution in [0, 0.1) is 10.1 Å². The fraction of sp³-hybridized carbons (Fsp3) is 0.381. The number of non-ortho nitro benzene ring substituents is 1. The van der Waals surface area contributed by atoms with Crippen LogP contribution in [0.25, 0.3) is 0 Å². The summed E-state index contributed by atoms with van der Waals surface area (Å²) in [6, 6.07) is 15.0. The van der Waals surface area contributed by atoms with Crippen molar-refractivity contribution in [1.82, 2.24) is 0 Å². The lowest BCUT2D eigenvalue weighted by Gasteiger charge is -2.25. The monoisotopic (exact) mass is 401 g/mol. The first-order valence-corrected chi connectivity index (χ1v) is 9.27. The molecule has 1 fully saturated rings. The van der Waals surface area contributed by atoms with Crippen LogP contribution in [-0.4, -0.2) is 42.6 Å². The second-order valence-electron chi connectivity index (χ2n) is 6.75. The van der Waals surface area contributed by atoms with Gasteiger partial charge in [-0.3, -0.25) is 10.1 Å². The summed E-state index contributed by atoms with van der Waals surface area (Å²) in [6.45, 7) is 2.13. The Kier molecular flexibility index (Phi) is 6.92. The number of carbonyl (C=O) groups excluding carboxylic acids is 1. The molecule has 2 aromatic carbocycles. The molecular formula is C21H23NO7. The molecule has 1 saturated heterocycles. The largest absolute Gasteiger partial charge is 0.456 e. The maximum absolute atomic E-state index is 12.4. The average molecular weight is 401 g/mol. The zero-order valence-corrected chi connectivity index (χ0v) is 16.2. The Hall–Kier alpha value is -2.81. The number of hydrogen-bond donors (Lipinski definition) is 0. The molecule has 1 aliphatic rings. The van der Waals surface area contributed by atoms with E-state index in [1.165, 1.54) is 24.3 Å². The van der Waals surface area contributed by atoms with E-state index in [9.17, 15) is 14.9 Å². The van der Waals surface area contributed by atoms with Crippen LogP contribution < -0.4 is 0 Å². The lowest BCUT2D eigenvalue weighted by atomic mass is 10.1. The van der Waals surface area contributed by atoms with Crippen molar-refractivity contribution in [3.8, 4) is 0 Å². The fourth-order valence-corrected chi connectivity index (χ4v) is 3.17. The molecule has 0 bridgehead atoms. The van der Waals surface area contributed by atoms with Gasteiger partial charge in [0.05, 0.1) is 23.2 Å². The van der Waals surface area contributed by atoms with Gasteiger partial charge in [0.2, 0.25) is 0 Å². The summed E-state index contributed by atoms with van der Waals surface area (Å²) in [5, 5.41) is 10.7. The molecule has 0 N–H and O–H groups in total. The zero-order chi connectivity index (χ0) is 20.8. The van der Waals surface area contributed by atoms with Crippen LogP contribution in [0.5, 0.6) is 0 Å². The topological polar surface area (TPSA) is 97.1 Å². The molecule has 0 aromatic heterocycles. The van der Waals surface area contributed by atoms with Gasteiger partial charge in [0.15, 0.2) is 6.29 Å². The smallest absolute Gasteiger partial charge is 0.338 e. The molecule has 154 valence electrons. The Morgan fingerprint density at radius 1 is 1.21 bits per heavy atom. The molecule has 2 aromatic rings. The number of esters is 1. The highest BCUT2D eigenvalue weighted by atomic mass is 16.7. The minimum atomic E-state index is -0.599. The number of nitro groups is 1. The van der Waals surface area contributed by atoms with Gasteiger partial charge < -0.3 is 18.9 Å². The van der Waals surface area contributed by atoms with Gasteiger partial charge >= 0.3 is 5.97 Å². The fourth-order valence-electron chi connectivity index (χ4n) is 3.17. The predicted octanol–water partition coefficient (Wildman–Crippen LogP) is 3.49. The summed E-state index contributed by atoms with van der Waals surface area (Å²) in [5.74, 6) is -0.585. The number of rotatable bonds is 8. The third-order valence-corrected chi connectivity index (χ3v) is 4.74. The van der Waals surface area contributed by atoms with Crippen LogP contribution in [0.15, 0.2) is 54.6 Å². The van der Waals surface area contributed by atoms with Crippen molar-refractivity contribution in [3.63, 3.8) is 0 Å². The molecular weight excluding hydrogens is 378 g/mol. The number of hydrogen-bond acceptors (Lipinski definition) is 7. The minimum absolute atomic E-state index is 0.0916. The van der Waals surface area contributed by atoms with Crippen LogP contribution in [0.4, 0.5) is 5.69 Å². The Bertz CT molecular complexity index is 825. The summed E-state index contributed by atoms with van der Waals surface area (Å²) in [4.78, 5) is 22.6. The molecule has 29 heavy (non-hydrogen) atoms. The summed E-state index contributed by atoms with van der Waals surface area (Å²) < 4.78 is 22.7. The first-order chi connectivity index (χ1) is 14.0. The van der Waals surface area contributed by atoms with Gasteiger partial charge in [-0.1, -0.05) is 30.3 Å². The Labute approximate surface area is 168 Å². The van der Waals surface area contributed by atoms with E-state index in [0.29, 0.717) is 13.0 Å². The number of ether oxygens (including phenoxy) is 4. The highest BCUT2D eigenvalue weighted by Crippen LogP contribution is 2.28. The van der Waals surface area contributed by atoms with Crippen molar-refractivity contribution in [2.45, 2.75) is 44.6 Å². The summed E-state index contributed by atoms with van der Waals surface area (Å²) >= 11 is 0. The van der Waals surface area contributed by atoms with Crippen LogP contribution in [0.2, 0.25) is 0 Å². The number of benzene rings is 2. The van der Waals surface area contributed by atoms with Gasteiger partial charge in [-0.15, -0.1) is 0 Å². The third kappa shape index (κ3) is 5.38. The molecule has 0 unspecified atom stereocenters. The Balaban J connectivity index is 1.62. The second kappa shape index (κ2) is 9.60. The van der Waals surface area contributed by atoms with Crippen LogP contribution >= 0.6 is 0 Å². The van der Waals surface area contributed by atoms with Gasteiger partial charge in [0, 0.05) is 25.7 Å². The van der Waals surface area contributed by atoms with E-state index in [1.54, 1.807) is 14.0 Å². The standard InChI is InChI=1S/C21H23NO7/c1-14(28-21(23)16-8-10-17(11-9-16)22(24)25)20-18(12-19(26-2)29-20)27-13-15-6-4-3-5-7-15/h3-11,14,18-20H,12-13H2,1-2H3/t14-,18-,19+,20+/m0/s1. The van der Waals surface area contributed by atoms with Crippen molar-refractivity contribution >= 4 is 11.7 Å². The van der Waals surface area contributed by atoms with E-state index < -0.39 is 29.4 Å². The molecule has 8 nitrogen and oxygen atoms in total. The molecule has 1 aliphatic heterocycles. The first-order valence-electron chi connectivity index (χ1n) is 9.27. The van der Waals surface area contributed by atoms with Crippen molar-refractivity contribution in [3.05, 3.63) is 75.8 Å². The van der Waals surface area contributed by atoms with E-state index >= 15 is 0 Å². The molecule has 4 atom stereocenters. The second-order valence-corrected chi connectivity index (χ2v) is 6.75. The van der Waals surface area contributed by atoms with Crippen molar-refractivity contribution in [1.29, 1.82) is 0 Å². The lowest BCUT2D eigenvalue weighted by Crippen LogP contribution is -2.37. The quantitative estimate of drug-likeness (QED) is 0.379. The van der Waals surface area contributed by atoms with Crippen molar-refractivity contribution in [2.24, 2.45) is 0 Å². The maximum Gasteiger partial charge on any atom is 0.338 e. The number of nitrogens with zero attached hydrogens (tertiary/aromatic N) is 1. The van der Waals surface area contributed by atoms with Gasteiger partial charge in [0.1, 0.15) is 12.2 Å². The highest BCUT2D eigenvalue weighted by molar-refractivity contribution is 5.89. The van der Waals surface area contributed by atoms with E-state index in [0.717, 1.165) is 5.56 Å². The van der Waals surface area contributed by atoms with Gasteiger partial charge in [-0.25, -0.2) is 4.79 Å². The van der Waals surface area contributed by atoms with Gasteiger partial charge in [-0.2, -0.15) is 0 Å². The van der Waals surface area contributed by atoms with E-state index in [-0.39, 0.29) is 17.4 Å². The van der Waals surface area contributed by atoms with E-state index in [1.807, 2.05) is 30.3 Å². The molecule has 0 radical (unpaired) electrons. The number of methoxy groups -OCH3 is 1. The number of nitro benzene ring substituents is 1. The normalized spacial score (nSPS) is 22.2. The Morgan fingerprint density at radius 3 is 2.52 bits per heavy atom. The minimum Gasteiger partial charge on any atom is -0.456 e. The van der Waals surface area contributed by atoms with E-state index in [2.05, 4.69) is 0 Å². The third-order valence-electron chi connectivity index (χ3n) is 4.74. The first kappa shape index (κ1) is 20.9. The van der Waals surface area contributed by atoms with Crippen LogP contribution in [0.1, 0.15) is 29.3 Å². The summed E-state index contributed by atoms with van der Waals surface area (Å²) in [5.41, 5.74) is 1.17. The SMILES string of the molecule is CO[C@H]1C[C@H](OCc2ccccc2)[C@@H]([C@H](C)OC(=O)c2ccc([N+](=O)[O-])cc2)O1. The molecule has 0 aliphatic carbocycles. The predicted molar refractivity (Wildman–Crippen MR) is 103 cm³/mol. The lowest BCUT2D eigenvalue weighted by molar-refractivity contribution is -0.384. The van der Waals surface area contributed by atoms with Gasteiger partial charge in [0.25, 0.3) is 5.69 Å². The molecule has 8 heteroatoms. The average Bonchev–Trinajstić information content (AvgIpc) is 3.16. The molecule has 0 spiro atoms. The molecule has 1 heterocycles. The van der Waals surface area contributed by atoms with Crippen molar-refractivity contribution in [2.75, 3.05) is 7.11 Å². The molecule has 0 amide bonds. The zero-order valence-electron chi connectivity index (χ0n) is 16.2. The highest BCUT2D eigenvalue weighted by Gasteiger charge is 2.41. The van der Waals surface area contributed by atoms with Crippen LogP contribution in [0.3, 0.4) is 0 Å². The summed E-state index contributed by atoms with van der Waals surface area (Å²) in [6.07, 6.45) is -1.32. The molecule has 3 rings (SSSR count). The van der Waals surface area contributed by atoms with E-state index in [4.69, 9.17) is 18.9 Å². The molecule has 0 saturated carbocycles.